The molecule has 0 spiro atoms. The minimum atomic E-state index is -0.810. The van der Waals surface area contributed by atoms with Crippen LogP contribution in [0.5, 0.6) is 17.2 Å². The summed E-state index contributed by atoms with van der Waals surface area (Å²) < 4.78 is 23.0. The standard InChI is InChI=1S/C8H8FNO3/c9-6-7(11)4(2-10)1-5-8(6)13-3-12-5/h1,11H,2-3,10H2. The molecule has 0 atom stereocenters. The Kier molecular flexibility index (Phi) is 1.73. The van der Waals surface area contributed by atoms with E-state index in [9.17, 15) is 9.50 Å². The van der Waals surface area contributed by atoms with E-state index in [1.165, 1.54) is 6.07 Å². The van der Waals surface area contributed by atoms with Gasteiger partial charge < -0.3 is 20.3 Å². The van der Waals surface area contributed by atoms with Gasteiger partial charge in [-0.15, -0.1) is 0 Å². The molecule has 0 unspecified atom stereocenters. The van der Waals surface area contributed by atoms with Gasteiger partial charge in [0.1, 0.15) is 0 Å². The van der Waals surface area contributed by atoms with E-state index in [1.54, 1.807) is 0 Å². The van der Waals surface area contributed by atoms with Gasteiger partial charge in [-0.25, -0.2) is 0 Å². The fourth-order valence-corrected chi connectivity index (χ4v) is 1.20. The molecule has 0 saturated carbocycles. The third kappa shape index (κ3) is 1.08. The molecule has 13 heavy (non-hydrogen) atoms. The molecule has 70 valence electrons. The lowest BCUT2D eigenvalue weighted by atomic mass is 10.1. The van der Waals surface area contributed by atoms with Gasteiger partial charge in [-0.3, -0.25) is 0 Å². The van der Waals surface area contributed by atoms with E-state index in [2.05, 4.69) is 0 Å². The van der Waals surface area contributed by atoms with Crippen molar-refractivity contribution >= 4 is 0 Å². The highest BCUT2D eigenvalue weighted by Crippen LogP contribution is 2.41. The van der Waals surface area contributed by atoms with Crippen molar-refractivity contribution in [2.45, 2.75) is 6.54 Å². The second-order valence-corrected chi connectivity index (χ2v) is 2.64. The lowest BCUT2D eigenvalue weighted by molar-refractivity contribution is 0.170. The molecular formula is C8H8FNO3. The van der Waals surface area contributed by atoms with Crippen LogP contribution in [-0.4, -0.2) is 11.9 Å². The topological polar surface area (TPSA) is 64.7 Å². The van der Waals surface area contributed by atoms with Crippen LogP contribution in [0.4, 0.5) is 4.39 Å². The van der Waals surface area contributed by atoms with Crippen molar-refractivity contribution in [2.24, 2.45) is 5.73 Å². The average Bonchev–Trinajstić information content (AvgIpc) is 2.59. The fourth-order valence-electron chi connectivity index (χ4n) is 1.20. The maximum absolute atomic E-state index is 13.2. The first-order valence-corrected chi connectivity index (χ1v) is 3.74. The quantitative estimate of drug-likeness (QED) is 0.676. The van der Waals surface area contributed by atoms with Crippen LogP contribution in [-0.2, 0) is 6.54 Å². The minimum Gasteiger partial charge on any atom is -0.504 e. The van der Waals surface area contributed by atoms with Crippen molar-refractivity contribution < 1.29 is 19.0 Å². The molecule has 0 saturated heterocycles. The van der Waals surface area contributed by atoms with Crippen LogP contribution >= 0.6 is 0 Å². The first-order valence-electron chi connectivity index (χ1n) is 3.74. The Hall–Kier alpha value is -1.49. The molecule has 1 aromatic rings. The number of hydrogen-bond donors (Lipinski definition) is 2. The number of phenols is 1. The lowest BCUT2D eigenvalue weighted by Crippen LogP contribution is -1.98. The van der Waals surface area contributed by atoms with Crippen LogP contribution in [0.15, 0.2) is 6.07 Å². The van der Waals surface area contributed by atoms with Crippen molar-refractivity contribution in [2.75, 3.05) is 6.79 Å². The Labute approximate surface area is 73.7 Å². The van der Waals surface area contributed by atoms with E-state index < -0.39 is 11.6 Å². The smallest absolute Gasteiger partial charge is 0.231 e. The molecular weight excluding hydrogens is 177 g/mol. The molecule has 0 amide bonds. The number of halogens is 1. The largest absolute Gasteiger partial charge is 0.504 e. The molecule has 1 heterocycles. The van der Waals surface area contributed by atoms with Crippen molar-refractivity contribution in [3.05, 3.63) is 17.4 Å². The van der Waals surface area contributed by atoms with E-state index in [4.69, 9.17) is 15.2 Å². The summed E-state index contributed by atoms with van der Waals surface area (Å²) in [5.74, 6) is -1.03. The summed E-state index contributed by atoms with van der Waals surface area (Å²) in [7, 11) is 0. The molecule has 0 fully saturated rings. The molecule has 1 aliphatic rings. The van der Waals surface area contributed by atoms with Crippen molar-refractivity contribution in [3.8, 4) is 17.2 Å². The van der Waals surface area contributed by atoms with Gasteiger partial charge in [0, 0.05) is 12.1 Å². The van der Waals surface area contributed by atoms with Crippen molar-refractivity contribution in [1.82, 2.24) is 0 Å². The number of rotatable bonds is 1. The molecule has 0 bridgehead atoms. The Morgan fingerprint density at radius 2 is 2.31 bits per heavy atom. The van der Waals surface area contributed by atoms with E-state index in [0.29, 0.717) is 5.56 Å². The highest BCUT2D eigenvalue weighted by atomic mass is 19.1. The Morgan fingerprint density at radius 1 is 1.54 bits per heavy atom. The summed E-state index contributed by atoms with van der Waals surface area (Å²) >= 11 is 0. The molecule has 0 aromatic heterocycles. The second kappa shape index (κ2) is 2.77. The summed E-state index contributed by atoms with van der Waals surface area (Å²) in [5, 5.41) is 9.27. The summed E-state index contributed by atoms with van der Waals surface area (Å²) in [6.07, 6.45) is 0. The number of phenolic OH excluding ortho intramolecular Hbond substituents is 1. The van der Waals surface area contributed by atoms with E-state index in [0.717, 1.165) is 0 Å². The van der Waals surface area contributed by atoms with E-state index >= 15 is 0 Å². The van der Waals surface area contributed by atoms with Gasteiger partial charge in [0.2, 0.25) is 18.4 Å². The van der Waals surface area contributed by atoms with Gasteiger partial charge in [-0.05, 0) is 6.07 Å². The van der Waals surface area contributed by atoms with Gasteiger partial charge in [0.15, 0.2) is 11.5 Å². The van der Waals surface area contributed by atoms with Crippen LogP contribution in [0.2, 0.25) is 0 Å². The maximum atomic E-state index is 13.2. The molecule has 5 heteroatoms. The lowest BCUT2D eigenvalue weighted by Gasteiger charge is -2.04. The number of fused-ring (bicyclic) bond motifs is 1. The highest BCUT2D eigenvalue weighted by Gasteiger charge is 2.23. The predicted molar refractivity (Wildman–Crippen MR) is 42.1 cm³/mol. The van der Waals surface area contributed by atoms with Gasteiger partial charge >= 0.3 is 0 Å². The molecule has 2 rings (SSSR count). The third-order valence-electron chi connectivity index (χ3n) is 1.88. The average molecular weight is 185 g/mol. The zero-order chi connectivity index (χ0) is 9.42. The first-order chi connectivity index (χ1) is 6.24. The Bertz CT molecular complexity index is 353. The van der Waals surface area contributed by atoms with Crippen LogP contribution < -0.4 is 15.2 Å². The van der Waals surface area contributed by atoms with Crippen molar-refractivity contribution in [3.63, 3.8) is 0 Å². The first kappa shape index (κ1) is 8.12. The second-order valence-electron chi connectivity index (χ2n) is 2.64. The third-order valence-corrected chi connectivity index (χ3v) is 1.88. The van der Waals surface area contributed by atoms with Gasteiger partial charge in [-0.2, -0.15) is 4.39 Å². The zero-order valence-corrected chi connectivity index (χ0v) is 6.71. The molecule has 0 aliphatic carbocycles. The summed E-state index contributed by atoms with van der Waals surface area (Å²) in [5.41, 5.74) is 5.60. The number of ether oxygens (including phenoxy) is 2. The van der Waals surface area contributed by atoms with Crippen LogP contribution in [0.3, 0.4) is 0 Å². The number of aromatic hydroxyl groups is 1. The SMILES string of the molecule is NCc1cc2c(c(F)c1O)OCO2. The van der Waals surface area contributed by atoms with Crippen LogP contribution in [0, 0.1) is 5.82 Å². The summed E-state index contributed by atoms with van der Waals surface area (Å²) in [4.78, 5) is 0. The minimum absolute atomic E-state index is 0.0281. The fraction of sp³-hybridized carbons (Fsp3) is 0.250. The number of nitrogens with two attached hydrogens (primary N) is 1. The van der Waals surface area contributed by atoms with Crippen LogP contribution in [0.25, 0.3) is 0 Å². The molecule has 0 radical (unpaired) electrons. The maximum Gasteiger partial charge on any atom is 0.231 e. The van der Waals surface area contributed by atoms with Gasteiger partial charge in [-0.1, -0.05) is 0 Å². The molecule has 1 aliphatic heterocycles. The van der Waals surface area contributed by atoms with E-state index in [-0.39, 0.29) is 24.8 Å². The van der Waals surface area contributed by atoms with E-state index in [1.807, 2.05) is 0 Å². The highest BCUT2D eigenvalue weighted by molar-refractivity contribution is 5.52. The van der Waals surface area contributed by atoms with Gasteiger partial charge in [0.05, 0.1) is 0 Å². The summed E-state index contributed by atoms with van der Waals surface area (Å²) in [6, 6.07) is 1.47. The number of hydrogen-bond acceptors (Lipinski definition) is 4. The normalized spacial score (nSPS) is 13.4. The predicted octanol–water partition coefficient (Wildman–Crippen LogP) is 0.719. The monoisotopic (exact) mass is 185 g/mol. The van der Waals surface area contributed by atoms with Crippen molar-refractivity contribution in [1.29, 1.82) is 0 Å². The zero-order valence-electron chi connectivity index (χ0n) is 6.71. The molecule has 3 N–H and O–H groups in total. The number of benzene rings is 1. The van der Waals surface area contributed by atoms with Gasteiger partial charge in [0.25, 0.3) is 0 Å². The Balaban J connectivity index is 2.61. The molecule has 4 nitrogen and oxygen atoms in total. The molecule has 1 aromatic carbocycles. The Morgan fingerprint density at radius 3 is 3.00 bits per heavy atom. The summed E-state index contributed by atoms with van der Waals surface area (Å²) in [6.45, 7) is 0.0269. The van der Waals surface area contributed by atoms with Crippen LogP contribution in [0.1, 0.15) is 5.56 Å².